The van der Waals surface area contributed by atoms with E-state index in [0.717, 1.165) is 45.6 Å². The highest BCUT2D eigenvalue weighted by Crippen LogP contribution is 2.42. The molecule has 5 heteroatoms. The van der Waals surface area contributed by atoms with Crippen LogP contribution in [-0.2, 0) is 11.3 Å². The van der Waals surface area contributed by atoms with Crippen LogP contribution in [0.1, 0.15) is 81.4 Å². The monoisotopic (exact) mass is 397 g/mol. The summed E-state index contributed by atoms with van der Waals surface area (Å²) in [6.45, 7) is 6.58. The van der Waals surface area contributed by atoms with Gasteiger partial charge >= 0.3 is 0 Å². The van der Waals surface area contributed by atoms with E-state index < -0.39 is 0 Å². The van der Waals surface area contributed by atoms with Gasteiger partial charge in [-0.15, -0.1) is 0 Å². The van der Waals surface area contributed by atoms with Crippen molar-refractivity contribution in [3.63, 3.8) is 0 Å². The van der Waals surface area contributed by atoms with Crippen molar-refractivity contribution in [1.82, 2.24) is 14.4 Å². The van der Waals surface area contributed by atoms with Crippen LogP contribution < -0.4 is 5.56 Å². The number of pyridine rings is 1. The first-order valence-electron chi connectivity index (χ1n) is 11.8. The molecule has 1 saturated carbocycles. The van der Waals surface area contributed by atoms with Gasteiger partial charge < -0.3 is 9.47 Å². The van der Waals surface area contributed by atoms with Crippen molar-refractivity contribution in [2.75, 3.05) is 26.2 Å². The number of amides is 1. The minimum atomic E-state index is 0.206. The minimum absolute atomic E-state index is 0.206. The number of nitrogens with zero attached hydrogens (tertiary/aromatic N) is 3. The molecule has 1 aromatic heterocycles. The number of rotatable bonds is 2. The summed E-state index contributed by atoms with van der Waals surface area (Å²) in [6.07, 6.45) is 10.0. The number of piperidine rings is 2. The molecule has 1 amide bonds. The van der Waals surface area contributed by atoms with E-state index in [2.05, 4.69) is 15.5 Å². The van der Waals surface area contributed by atoms with Crippen LogP contribution in [0.25, 0.3) is 0 Å². The van der Waals surface area contributed by atoms with Gasteiger partial charge in [0, 0.05) is 63.4 Å². The zero-order chi connectivity index (χ0) is 20.0. The summed E-state index contributed by atoms with van der Waals surface area (Å²) in [6, 6.07) is 4.61. The van der Waals surface area contributed by atoms with Crippen molar-refractivity contribution >= 4 is 5.91 Å². The number of carbonyl (C=O) groups is 1. The lowest BCUT2D eigenvalue weighted by Gasteiger charge is -2.48. The lowest BCUT2D eigenvalue weighted by molar-refractivity contribution is -0.130. The molecule has 5 nitrogen and oxygen atoms in total. The first-order chi connectivity index (χ1) is 14.1. The molecule has 2 bridgehead atoms. The van der Waals surface area contributed by atoms with Crippen molar-refractivity contribution in [2.45, 2.75) is 82.7 Å². The topological polar surface area (TPSA) is 45.6 Å². The van der Waals surface area contributed by atoms with Gasteiger partial charge in [0.2, 0.25) is 5.91 Å². The fourth-order valence-corrected chi connectivity index (χ4v) is 6.69. The van der Waals surface area contributed by atoms with Crippen molar-refractivity contribution in [3.8, 4) is 0 Å². The molecular weight excluding hydrogens is 362 g/mol. The van der Waals surface area contributed by atoms with E-state index in [1.807, 2.05) is 11.0 Å². The van der Waals surface area contributed by atoms with Gasteiger partial charge in [0.1, 0.15) is 0 Å². The Morgan fingerprint density at radius 3 is 2.41 bits per heavy atom. The number of likely N-dealkylation sites (tertiary alicyclic amines) is 2. The van der Waals surface area contributed by atoms with E-state index in [-0.39, 0.29) is 11.5 Å². The van der Waals surface area contributed by atoms with Crippen LogP contribution >= 0.6 is 0 Å². The Morgan fingerprint density at radius 2 is 1.69 bits per heavy atom. The summed E-state index contributed by atoms with van der Waals surface area (Å²) < 4.78 is 2.15. The van der Waals surface area contributed by atoms with Gasteiger partial charge in [0.05, 0.1) is 0 Å². The van der Waals surface area contributed by atoms with E-state index in [9.17, 15) is 9.59 Å². The van der Waals surface area contributed by atoms with Crippen LogP contribution in [0, 0.1) is 5.92 Å². The lowest BCUT2D eigenvalue weighted by Crippen LogP contribution is -2.53. The van der Waals surface area contributed by atoms with Crippen LogP contribution in [0.2, 0.25) is 0 Å². The first kappa shape index (κ1) is 19.3. The van der Waals surface area contributed by atoms with Crippen LogP contribution in [0.3, 0.4) is 0 Å². The van der Waals surface area contributed by atoms with E-state index in [1.165, 1.54) is 49.8 Å². The number of carbonyl (C=O) groups excluding carboxylic acids is 1. The maximum absolute atomic E-state index is 12.7. The van der Waals surface area contributed by atoms with Gasteiger partial charge in [-0.1, -0.05) is 25.3 Å². The Balaban J connectivity index is 1.39. The van der Waals surface area contributed by atoms with E-state index in [0.29, 0.717) is 23.8 Å². The molecule has 1 aliphatic carbocycles. The molecule has 2 atom stereocenters. The Bertz CT molecular complexity index is 818. The molecule has 5 rings (SSSR count). The first-order valence-corrected chi connectivity index (χ1v) is 11.8. The Kier molecular flexibility index (Phi) is 5.27. The number of fused-ring (bicyclic) bond motifs is 4. The molecule has 1 aromatic rings. The molecule has 3 aliphatic heterocycles. The summed E-state index contributed by atoms with van der Waals surface area (Å²) in [5, 5.41) is 0. The zero-order valence-electron chi connectivity index (χ0n) is 17.8. The Hall–Kier alpha value is -1.62. The average molecular weight is 398 g/mol. The van der Waals surface area contributed by atoms with Crippen LogP contribution in [0.5, 0.6) is 0 Å². The molecular formula is C24H35N3O2. The summed E-state index contributed by atoms with van der Waals surface area (Å²) in [5.74, 6) is 1.95. The van der Waals surface area contributed by atoms with E-state index in [4.69, 9.17) is 0 Å². The number of aromatic nitrogens is 1. The molecule has 2 saturated heterocycles. The molecule has 4 aliphatic rings. The maximum Gasteiger partial charge on any atom is 0.250 e. The molecule has 158 valence electrons. The summed E-state index contributed by atoms with van der Waals surface area (Å²) in [7, 11) is 0. The molecule has 29 heavy (non-hydrogen) atoms. The van der Waals surface area contributed by atoms with Crippen molar-refractivity contribution in [1.29, 1.82) is 0 Å². The summed E-state index contributed by atoms with van der Waals surface area (Å²) in [5.41, 5.74) is 3.07. The summed E-state index contributed by atoms with van der Waals surface area (Å²) >= 11 is 0. The van der Waals surface area contributed by atoms with Gasteiger partial charge in [-0.3, -0.25) is 14.5 Å². The highest BCUT2D eigenvalue weighted by Gasteiger charge is 2.39. The third-order valence-corrected chi connectivity index (χ3v) is 8.12. The maximum atomic E-state index is 12.7. The van der Waals surface area contributed by atoms with Crippen molar-refractivity contribution in [3.05, 3.63) is 33.7 Å². The smallest absolute Gasteiger partial charge is 0.250 e. The van der Waals surface area contributed by atoms with Gasteiger partial charge in [-0.25, -0.2) is 0 Å². The van der Waals surface area contributed by atoms with Crippen molar-refractivity contribution in [2.24, 2.45) is 5.92 Å². The van der Waals surface area contributed by atoms with Crippen LogP contribution in [-0.4, -0.2) is 52.5 Å². The Labute approximate surface area is 174 Å². The van der Waals surface area contributed by atoms with Gasteiger partial charge in [-0.05, 0) is 49.5 Å². The van der Waals surface area contributed by atoms with Crippen molar-refractivity contribution < 1.29 is 4.79 Å². The van der Waals surface area contributed by atoms with Crippen LogP contribution in [0.15, 0.2) is 16.9 Å². The highest BCUT2D eigenvalue weighted by molar-refractivity contribution is 5.73. The fraction of sp³-hybridized carbons (Fsp3) is 0.750. The standard InChI is InChI=1S/C24H35N3O2/c1-17(28)25-11-9-21(10-12-25)26-14-18-13-20(16-26)24-22(19-5-3-2-4-6-19)7-8-23(29)27(24)15-18/h7-8,18-21H,2-6,9-16H2,1H3/t18-,20-/m1/s1. The second-order valence-electron chi connectivity index (χ2n) is 9.95. The summed E-state index contributed by atoms with van der Waals surface area (Å²) in [4.78, 5) is 29.1. The second-order valence-corrected chi connectivity index (χ2v) is 9.95. The zero-order valence-corrected chi connectivity index (χ0v) is 17.8. The van der Waals surface area contributed by atoms with E-state index >= 15 is 0 Å². The lowest BCUT2D eigenvalue weighted by atomic mass is 9.76. The number of hydrogen-bond donors (Lipinski definition) is 0. The number of hydrogen-bond acceptors (Lipinski definition) is 3. The molecule has 0 unspecified atom stereocenters. The van der Waals surface area contributed by atoms with Gasteiger partial charge in [0.15, 0.2) is 0 Å². The van der Waals surface area contributed by atoms with Gasteiger partial charge in [-0.2, -0.15) is 0 Å². The molecule has 3 fully saturated rings. The minimum Gasteiger partial charge on any atom is -0.343 e. The second kappa shape index (κ2) is 7.90. The normalized spacial score (nSPS) is 28.9. The molecule has 0 spiro atoms. The van der Waals surface area contributed by atoms with Crippen LogP contribution in [0.4, 0.5) is 0 Å². The Morgan fingerprint density at radius 1 is 0.931 bits per heavy atom. The molecule has 4 heterocycles. The SMILES string of the molecule is CC(=O)N1CCC(N2C[C@H]3C[C@H](C2)c2c(C4CCCCC4)ccc(=O)n2C3)CC1. The fourth-order valence-electron chi connectivity index (χ4n) is 6.69. The molecule has 0 N–H and O–H groups in total. The largest absolute Gasteiger partial charge is 0.343 e. The third kappa shape index (κ3) is 3.67. The molecule has 0 radical (unpaired) electrons. The highest BCUT2D eigenvalue weighted by atomic mass is 16.2. The predicted octanol–water partition coefficient (Wildman–Crippen LogP) is 3.33. The quantitative estimate of drug-likeness (QED) is 0.769. The third-order valence-electron chi connectivity index (χ3n) is 8.12. The molecule has 0 aromatic carbocycles. The average Bonchev–Trinajstić information content (AvgIpc) is 2.75. The van der Waals surface area contributed by atoms with Gasteiger partial charge in [0.25, 0.3) is 5.56 Å². The predicted molar refractivity (Wildman–Crippen MR) is 114 cm³/mol. The van der Waals surface area contributed by atoms with E-state index in [1.54, 1.807) is 6.92 Å².